The molecule has 5 heteroatoms. The van der Waals surface area contributed by atoms with E-state index >= 15 is 0 Å². The van der Waals surface area contributed by atoms with Crippen LogP contribution in [0.15, 0.2) is 79.0 Å². The number of hydrogen-bond donors (Lipinski definition) is 2. The third kappa shape index (κ3) is 5.52. The number of fused-ring (bicyclic) bond motifs is 2. The summed E-state index contributed by atoms with van der Waals surface area (Å²) in [6.07, 6.45) is 16.3. The maximum Gasteiger partial charge on any atom is 0.138 e. The van der Waals surface area contributed by atoms with Gasteiger partial charge in [-0.05, 0) is 116 Å². The summed E-state index contributed by atoms with van der Waals surface area (Å²) in [5, 5.41) is 1.13. The van der Waals surface area contributed by atoms with E-state index in [4.69, 9.17) is 10.7 Å². The molecule has 0 saturated carbocycles. The van der Waals surface area contributed by atoms with E-state index in [2.05, 4.69) is 70.9 Å². The summed E-state index contributed by atoms with van der Waals surface area (Å²) in [4.78, 5) is 15.7. The molecule has 0 atom stereocenters. The Kier molecular flexibility index (Phi) is 7.65. The van der Waals surface area contributed by atoms with Gasteiger partial charge in [0.1, 0.15) is 5.65 Å². The van der Waals surface area contributed by atoms with Gasteiger partial charge in [-0.15, -0.1) is 0 Å². The van der Waals surface area contributed by atoms with Crippen molar-refractivity contribution in [1.82, 2.24) is 19.9 Å². The first-order chi connectivity index (χ1) is 19.6. The van der Waals surface area contributed by atoms with Crippen LogP contribution >= 0.6 is 0 Å². The van der Waals surface area contributed by atoms with Crippen molar-refractivity contribution >= 4 is 22.3 Å². The highest BCUT2D eigenvalue weighted by molar-refractivity contribution is 5.93. The molecule has 3 aromatic heterocycles. The van der Waals surface area contributed by atoms with Crippen LogP contribution in [-0.2, 0) is 19.3 Å². The highest BCUT2D eigenvalue weighted by atomic mass is 15.1. The van der Waals surface area contributed by atoms with E-state index in [9.17, 15) is 0 Å². The number of nitrogens with one attached hydrogen (secondary N) is 1. The van der Waals surface area contributed by atoms with Gasteiger partial charge in [-0.25, -0.2) is 4.98 Å². The number of aryl methyl sites for hydroxylation is 2. The number of aromatic nitrogens is 3. The summed E-state index contributed by atoms with van der Waals surface area (Å²) in [7, 11) is 0. The summed E-state index contributed by atoms with van der Waals surface area (Å²) in [5.41, 5.74) is 18.6. The molecule has 40 heavy (non-hydrogen) atoms. The molecular formula is C35H39N5. The van der Waals surface area contributed by atoms with Gasteiger partial charge >= 0.3 is 0 Å². The molecule has 1 aliphatic heterocycles. The van der Waals surface area contributed by atoms with Crippen molar-refractivity contribution in [3.63, 3.8) is 0 Å². The molecule has 0 unspecified atom stereocenters. The van der Waals surface area contributed by atoms with Gasteiger partial charge in [0.2, 0.25) is 0 Å². The van der Waals surface area contributed by atoms with E-state index in [0.717, 1.165) is 53.3 Å². The monoisotopic (exact) mass is 529 g/mol. The van der Waals surface area contributed by atoms with Gasteiger partial charge in [-0.2, -0.15) is 0 Å². The maximum atomic E-state index is 6.45. The molecule has 1 saturated heterocycles. The second-order valence-corrected chi connectivity index (χ2v) is 11.2. The Morgan fingerprint density at radius 2 is 1.88 bits per heavy atom. The number of allylic oxidation sites excluding steroid dienone is 3. The minimum Gasteiger partial charge on any atom is -0.397 e. The Bertz CT molecular complexity index is 1600. The average Bonchev–Trinajstić information content (AvgIpc) is 3.63. The summed E-state index contributed by atoms with van der Waals surface area (Å²) in [6.45, 7) is 9.40. The molecule has 204 valence electrons. The molecule has 5 nitrogen and oxygen atoms in total. The lowest BCUT2D eigenvalue weighted by Gasteiger charge is -2.26. The molecular weight excluding hydrogens is 490 g/mol. The third-order valence-corrected chi connectivity index (χ3v) is 8.43. The smallest absolute Gasteiger partial charge is 0.138 e. The first-order valence-corrected chi connectivity index (χ1v) is 14.7. The molecule has 0 bridgehead atoms. The largest absolute Gasteiger partial charge is 0.397 e. The average molecular weight is 530 g/mol. The van der Waals surface area contributed by atoms with E-state index < -0.39 is 0 Å². The lowest BCUT2D eigenvalue weighted by molar-refractivity contribution is 0.248. The number of nitrogen functional groups attached to an aromatic ring is 1. The topological polar surface area (TPSA) is 70.8 Å². The Morgan fingerprint density at radius 1 is 1.02 bits per heavy atom. The Hall–Kier alpha value is -3.96. The molecule has 3 N–H and O–H groups in total. The number of piperidine rings is 1. The van der Waals surface area contributed by atoms with Crippen LogP contribution in [0.1, 0.15) is 60.8 Å². The number of nitrogens with zero attached hydrogens (tertiary/aromatic N) is 3. The molecule has 1 aliphatic carbocycles. The van der Waals surface area contributed by atoms with Gasteiger partial charge in [0.05, 0.1) is 17.1 Å². The minimum atomic E-state index is 0.614. The third-order valence-electron chi connectivity index (χ3n) is 8.43. The van der Waals surface area contributed by atoms with E-state index in [-0.39, 0.29) is 0 Å². The highest BCUT2D eigenvalue weighted by Crippen LogP contribution is 2.33. The van der Waals surface area contributed by atoms with Crippen molar-refractivity contribution in [2.24, 2.45) is 0 Å². The van der Waals surface area contributed by atoms with Crippen molar-refractivity contribution in [1.29, 1.82) is 0 Å². The lowest BCUT2D eigenvalue weighted by atomic mass is 9.99. The zero-order valence-corrected chi connectivity index (χ0v) is 23.5. The molecule has 6 rings (SSSR count). The Labute approximate surface area is 237 Å². The number of nitrogens with two attached hydrogens (primary N) is 1. The quantitative estimate of drug-likeness (QED) is 0.235. The van der Waals surface area contributed by atoms with Crippen LogP contribution in [0.3, 0.4) is 0 Å². The van der Waals surface area contributed by atoms with Crippen LogP contribution in [0.5, 0.6) is 0 Å². The number of hydrogen-bond acceptors (Lipinski definition) is 4. The van der Waals surface area contributed by atoms with Crippen molar-refractivity contribution in [2.75, 3.05) is 25.4 Å². The summed E-state index contributed by atoms with van der Waals surface area (Å²) >= 11 is 0. The molecule has 0 spiro atoms. The van der Waals surface area contributed by atoms with Gasteiger partial charge < -0.3 is 10.7 Å². The second-order valence-electron chi connectivity index (χ2n) is 11.2. The SMILES string of the molecule is C=C/C(=C\C(=C/C)c1ccc(N)c(Cc2cc3c(-c4ccc5c(c4)CCC5)ccnc3[nH]2)n1)CN1CCCCC1. The zero-order valence-electron chi connectivity index (χ0n) is 23.5. The lowest BCUT2D eigenvalue weighted by Crippen LogP contribution is -2.31. The summed E-state index contributed by atoms with van der Waals surface area (Å²) < 4.78 is 0. The number of anilines is 1. The van der Waals surface area contributed by atoms with Crippen molar-refractivity contribution in [3.8, 4) is 11.1 Å². The van der Waals surface area contributed by atoms with Gasteiger partial charge in [-0.3, -0.25) is 9.88 Å². The molecule has 0 radical (unpaired) electrons. The van der Waals surface area contributed by atoms with Crippen LogP contribution in [-0.4, -0.2) is 39.5 Å². The van der Waals surface area contributed by atoms with Crippen LogP contribution in [0, 0.1) is 0 Å². The number of benzene rings is 1. The van der Waals surface area contributed by atoms with Crippen LogP contribution < -0.4 is 5.73 Å². The van der Waals surface area contributed by atoms with Gasteiger partial charge in [0.15, 0.2) is 0 Å². The van der Waals surface area contributed by atoms with E-state index in [1.807, 2.05) is 24.4 Å². The number of rotatable bonds is 8. The number of aromatic amines is 1. The van der Waals surface area contributed by atoms with Crippen molar-refractivity contribution < 1.29 is 0 Å². The van der Waals surface area contributed by atoms with E-state index in [1.54, 1.807) is 0 Å². The van der Waals surface area contributed by atoms with Crippen LogP contribution in [0.2, 0.25) is 0 Å². The normalized spacial score (nSPS) is 16.4. The predicted octanol–water partition coefficient (Wildman–Crippen LogP) is 7.29. The first kappa shape index (κ1) is 26.3. The van der Waals surface area contributed by atoms with Gasteiger partial charge in [0.25, 0.3) is 0 Å². The number of likely N-dealkylation sites (tertiary alicyclic amines) is 1. The maximum absolute atomic E-state index is 6.45. The molecule has 2 aliphatic rings. The van der Waals surface area contributed by atoms with Crippen molar-refractivity contribution in [3.05, 3.63) is 107 Å². The fourth-order valence-electron chi connectivity index (χ4n) is 6.21. The van der Waals surface area contributed by atoms with E-state index in [1.165, 1.54) is 66.4 Å². The van der Waals surface area contributed by atoms with Crippen LogP contribution in [0.4, 0.5) is 5.69 Å². The molecule has 0 amide bonds. The highest BCUT2D eigenvalue weighted by Gasteiger charge is 2.16. The number of pyridine rings is 2. The standard InChI is InChI=1S/C35H39N5/c1-3-24(23-40-17-6-5-7-18-40)19-25(4-2)33-14-13-32(36)34(39-33)22-29-21-31-30(15-16-37-35(31)38-29)28-12-11-26-9-8-10-27(26)20-28/h3-4,11-16,19-21H,1,5-10,17-18,22-23,36H2,2H3,(H,37,38)/b24-19+,25-4+. The Balaban J connectivity index is 1.26. The molecule has 4 aromatic rings. The van der Waals surface area contributed by atoms with Gasteiger partial charge in [0, 0.05) is 30.2 Å². The first-order valence-electron chi connectivity index (χ1n) is 14.7. The van der Waals surface area contributed by atoms with Gasteiger partial charge in [-0.1, -0.05) is 43.4 Å². The fourth-order valence-corrected chi connectivity index (χ4v) is 6.21. The fraction of sp³-hybridized carbons (Fsp3) is 0.314. The second kappa shape index (κ2) is 11.6. The molecule has 4 heterocycles. The minimum absolute atomic E-state index is 0.614. The Morgan fingerprint density at radius 3 is 2.70 bits per heavy atom. The van der Waals surface area contributed by atoms with Crippen LogP contribution in [0.25, 0.3) is 27.7 Å². The predicted molar refractivity (Wildman–Crippen MR) is 167 cm³/mol. The number of H-pyrrole nitrogens is 1. The molecule has 1 fully saturated rings. The molecule has 1 aromatic carbocycles. The van der Waals surface area contributed by atoms with Crippen molar-refractivity contribution in [2.45, 2.75) is 51.9 Å². The summed E-state index contributed by atoms with van der Waals surface area (Å²) in [6, 6.07) is 15.2. The summed E-state index contributed by atoms with van der Waals surface area (Å²) in [5.74, 6) is 0. The van der Waals surface area contributed by atoms with E-state index in [0.29, 0.717) is 12.1 Å². The zero-order chi connectivity index (χ0) is 27.5.